The first-order chi connectivity index (χ1) is 12.8. The van der Waals surface area contributed by atoms with Crippen LogP contribution in [0.25, 0.3) is 6.08 Å². The molecule has 1 aromatic carbocycles. The van der Waals surface area contributed by atoms with Crippen LogP contribution in [0.3, 0.4) is 0 Å². The summed E-state index contributed by atoms with van der Waals surface area (Å²) in [7, 11) is 1.23. The quantitative estimate of drug-likeness (QED) is 0.359. The fraction of sp³-hybridized carbons (Fsp3) is 0.211. The molecule has 0 saturated heterocycles. The average molecular weight is 374 g/mol. The van der Waals surface area contributed by atoms with Gasteiger partial charge in [-0.3, -0.25) is 4.79 Å². The number of halogens is 2. The normalized spacial score (nSPS) is 11.2. The fourth-order valence-electron chi connectivity index (χ4n) is 2.58. The number of alkyl halides is 2. The van der Waals surface area contributed by atoms with Crippen LogP contribution in [0.15, 0.2) is 29.8 Å². The number of nitrogens with one attached hydrogen (secondary N) is 1. The minimum Gasteiger partial charge on any atom is -0.465 e. The average Bonchev–Trinajstić information content (AvgIpc) is 2.93. The number of nitrogens with zero attached hydrogens (tertiary/aromatic N) is 1. The molecule has 0 aliphatic carbocycles. The summed E-state index contributed by atoms with van der Waals surface area (Å²) in [6.45, 7) is 0.257. The Morgan fingerprint density at radius 1 is 1.22 bits per heavy atom. The van der Waals surface area contributed by atoms with Crippen LogP contribution in [0, 0.1) is 25.2 Å². The molecule has 6 nitrogen and oxygen atoms in total. The van der Waals surface area contributed by atoms with Crippen molar-refractivity contribution in [2.45, 2.75) is 20.5 Å². The van der Waals surface area contributed by atoms with Crippen LogP contribution in [-0.2, 0) is 4.74 Å². The molecule has 1 aromatic heterocycles. The van der Waals surface area contributed by atoms with Crippen molar-refractivity contribution < 1.29 is 27.8 Å². The summed E-state index contributed by atoms with van der Waals surface area (Å²) in [5.74, 6) is -1.22. The van der Waals surface area contributed by atoms with Crippen LogP contribution in [0.2, 0.25) is 0 Å². The van der Waals surface area contributed by atoms with Crippen molar-refractivity contribution in [2.24, 2.45) is 0 Å². The third kappa shape index (κ3) is 4.39. The van der Waals surface area contributed by atoms with Crippen LogP contribution < -0.4 is 4.74 Å². The maximum absolute atomic E-state index is 12.7. The minimum absolute atomic E-state index is 0.0365. The van der Waals surface area contributed by atoms with E-state index in [1.807, 2.05) is 6.07 Å². The lowest BCUT2D eigenvalue weighted by Crippen LogP contribution is -2.06. The van der Waals surface area contributed by atoms with E-state index in [-0.39, 0.29) is 22.6 Å². The second-order valence-corrected chi connectivity index (χ2v) is 5.56. The predicted molar refractivity (Wildman–Crippen MR) is 92.6 cm³/mol. The van der Waals surface area contributed by atoms with Gasteiger partial charge in [0.25, 0.3) is 0 Å². The van der Waals surface area contributed by atoms with Crippen LogP contribution in [-0.4, -0.2) is 30.5 Å². The number of aromatic amines is 1. The molecule has 0 atom stereocenters. The molecule has 0 radical (unpaired) electrons. The lowest BCUT2D eigenvalue weighted by atomic mass is 10.0. The van der Waals surface area contributed by atoms with Crippen molar-refractivity contribution in [3.63, 3.8) is 0 Å². The van der Waals surface area contributed by atoms with Crippen LogP contribution in [0.4, 0.5) is 8.78 Å². The molecule has 2 rings (SSSR count). The number of aryl methyl sites for hydroxylation is 1. The molecule has 0 bridgehead atoms. The molecule has 0 amide bonds. The minimum atomic E-state index is -2.94. The molecule has 140 valence electrons. The van der Waals surface area contributed by atoms with Gasteiger partial charge in [-0.2, -0.15) is 14.0 Å². The van der Waals surface area contributed by atoms with E-state index in [0.29, 0.717) is 16.8 Å². The SMILES string of the molecule is COC(=O)c1c(C)[nH]c(C(=O)C(C#N)=Cc2ccc(OC(F)F)cc2)c1C. The highest BCUT2D eigenvalue weighted by atomic mass is 19.3. The lowest BCUT2D eigenvalue weighted by molar-refractivity contribution is -0.0498. The van der Waals surface area contributed by atoms with Gasteiger partial charge in [-0.25, -0.2) is 4.79 Å². The Hall–Kier alpha value is -3.47. The number of carbonyl (C=O) groups is 2. The molecule has 0 saturated carbocycles. The molecular weight excluding hydrogens is 358 g/mol. The predicted octanol–water partition coefficient (Wildman–Crippen LogP) is 3.81. The summed E-state index contributed by atoms with van der Waals surface area (Å²) in [6, 6.07) is 7.30. The summed E-state index contributed by atoms with van der Waals surface area (Å²) in [4.78, 5) is 27.3. The molecule has 2 aromatic rings. The zero-order valence-corrected chi connectivity index (χ0v) is 14.8. The number of carbonyl (C=O) groups excluding carboxylic acids is 2. The van der Waals surface area contributed by atoms with Gasteiger partial charge < -0.3 is 14.5 Å². The second kappa shape index (κ2) is 8.27. The highest BCUT2D eigenvalue weighted by Crippen LogP contribution is 2.23. The van der Waals surface area contributed by atoms with Crippen molar-refractivity contribution in [1.82, 2.24) is 4.98 Å². The number of Topliss-reactive ketones (excluding diaryl/α,β-unsaturated/α-hetero) is 1. The molecular formula is C19H16F2N2O4. The number of allylic oxidation sites excluding steroid dienone is 1. The Bertz CT molecular complexity index is 938. The topological polar surface area (TPSA) is 92.2 Å². The van der Waals surface area contributed by atoms with E-state index in [1.165, 1.54) is 37.5 Å². The number of hydrogen-bond donors (Lipinski definition) is 1. The number of aromatic nitrogens is 1. The van der Waals surface area contributed by atoms with E-state index in [9.17, 15) is 23.6 Å². The summed E-state index contributed by atoms with van der Waals surface area (Å²) >= 11 is 0. The number of H-pyrrole nitrogens is 1. The summed E-state index contributed by atoms with van der Waals surface area (Å²) < 4.78 is 33.3. The smallest absolute Gasteiger partial charge is 0.387 e. The molecule has 0 aliphatic rings. The van der Waals surface area contributed by atoms with Gasteiger partial charge in [0.2, 0.25) is 5.78 Å². The third-order valence-electron chi connectivity index (χ3n) is 3.84. The molecule has 0 fully saturated rings. The molecule has 0 unspecified atom stereocenters. The Balaban J connectivity index is 2.35. The maximum Gasteiger partial charge on any atom is 0.387 e. The van der Waals surface area contributed by atoms with E-state index in [2.05, 4.69) is 9.72 Å². The number of hydrogen-bond acceptors (Lipinski definition) is 5. The number of nitriles is 1. The van der Waals surface area contributed by atoms with Gasteiger partial charge in [0.05, 0.1) is 18.4 Å². The largest absolute Gasteiger partial charge is 0.465 e. The maximum atomic E-state index is 12.7. The van der Waals surface area contributed by atoms with Crippen molar-refractivity contribution >= 4 is 17.8 Å². The van der Waals surface area contributed by atoms with E-state index < -0.39 is 18.4 Å². The summed E-state index contributed by atoms with van der Waals surface area (Å²) in [5.41, 5.74) is 1.46. The van der Waals surface area contributed by atoms with Crippen LogP contribution in [0.1, 0.15) is 37.7 Å². The number of ether oxygens (including phenoxy) is 2. The number of rotatable bonds is 6. The number of esters is 1. The van der Waals surface area contributed by atoms with Crippen molar-refractivity contribution in [3.8, 4) is 11.8 Å². The molecule has 1 heterocycles. The zero-order chi connectivity index (χ0) is 20.1. The van der Waals surface area contributed by atoms with Gasteiger partial charge in [0, 0.05) is 5.69 Å². The number of benzene rings is 1. The third-order valence-corrected chi connectivity index (χ3v) is 3.84. The molecule has 0 aliphatic heterocycles. The van der Waals surface area contributed by atoms with Crippen molar-refractivity contribution in [3.05, 3.63) is 57.9 Å². The Kier molecular flexibility index (Phi) is 6.08. The van der Waals surface area contributed by atoms with E-state index >= 15 is 0 Å². The fourth-order valence-corrected chi connectivity index (χ4v) is 2.58. The second-order valence-electron chi connectivity index (χ2n) is 5.56. The summed E-state index contributed by atoms with van der Waals surface area (Å²) in [5, 5.41) is 9.35. The van der Waals surface area contributed by atoms with Gasteiger partial charge >= 0.3 is 12.6 Å². The van der Waals surface area contributed by atoms with Gasteiger partial charge in [0.15, 0.2) is 0 Å². The van der Waals surface area contributed by atoms with Gasteiger partial charge in [0.1, 0.15) is 17.4 Å². The van der Waals surface area contributed by atoms with Crippen molar-refractivity contribution in [2.75, 3.05) is 7.11 Å². The van der Waals surface area contributed by atoms with E-state index in [0.717, 1.165) is 0 Å². The number of methoxy groups -OCH3 is 1. The first kappa shape index (κ1) is 19.8. The molecule has 27 heavy (non-hydrogen) atoms. The Morgan fingerprint density at radius 2 is 1.85 bits per heavy atom. The monoisotopic (exact) mass is 374 g/mol. The zero-order valence-electron chi connectivity index (χ0n) is 14.8. The van der Waals surface area contributed by atoms with Crippen LogP contribution >= 0.6 is 0 Å². The van der Waals surface area contributed by atoms with Crippen molar-refractivity contribution in [1.29, 1.82) is 5.26 Å². The highest BCUT2D eigenvalue weighted by molar-refractivity contribution is 6.15. The van der Waals surface area contributed by atoms with Gasteiger partial charge in [-0.15, -0.1) is 0 Å². The highest BCUT2D eigenvalue weighted by Gasteiger charge is 2.24. The Labute approximate surface area is 154 Å². The number of ketones is 1. The molecule has 1 N–H and O–H groups in total. The first-order valence-corrected chi connectivity index (χ1v) is 7.77. The standard InChI is InChI=1S/C19H16F2N2O4/c1-10-15(18(25)26-3)11(2)23-16(10)17(24)13(9-22)8-12-4-6-14(7-5-12)27-19(20)21/h4-8,19,23H,1-3H3. The van der Waals surface area contributed by atoms with Gasteiger partial charge in [-0.05, 0) is 43.2 Å². The van der Waals surface area contributed by atoms with Gasteiger partial charge in [-0.1, -0.05) is 12.1 Å². The first-order valence-electron chi connectivity index (χ1n) is 7.77. The van der Waals surface area contributed by atoms with E-state index in [4.69, 9.17) is 4.74 Å². The van der Waals surface area contributed by atoms with E-state index in [1.54, 1.807) is 13.8 Å². The Morgan fingerprint density at radius 3 is 2.37 bits per heavy atom. The lowest BCUT2D eigenvalue weighted by Gasteiger charge is -2.04. The summed E-state index contributed by atoms with van der Waals surface area (Å²) in [6.07, 6.45) is 1.32. The molecule has 8 heteroatoms. The molecule has 0 spiro atoms. The van der Waals surface area contributed by atoms with Crippen LogP contribution in [0.5, 0.6) is 5.75 Å².